The Morgan fingerprint density at radius 2 is 1.55 bits per heavy atom. The van der Waals surface area contributed by atoms with Crippen molar-refractivity contribution in [3.8, 4) is 0 Å². The molecule has 0 rings (SSSR count). The molecule has 0 unspecified atom stereocenters. The topological polar surface area (TPSA) is 113 Å². The third kappa shape index (κ3) is 15.9. The summed E-state index contributed by atoms with van der Waals surface area (Å²) in [7, 11) is -4.60. The maximum Gasteiger partial charge on any atom is 0.469 e. The lowest BCUT2D eigenvalue weighted by Gasteiger charge is -2.12. The van der Waals surface area contributed by atoms with Crippen molar-refractivity contribution in [1.82, 2.24) is 0 Å². The summed E-state index contributed by atoms with van der Waals surface area (Å²) >= 11 is 0. The number of hydrogen-bond acceptors (Lipinski definition) is 5. The van der Waals surface area contributed by atoms with Gasteiger partial charge in [-0.25, -0.2) is 4.57 Å². The van der Waals surface area contributed by atoms with Crippen molar-refractivity contribution < 1.29 is 33.5 Å². The van der Waals surface area contributed by atoms with Gasteiger partial charge in [0.05, 0.1) is 6.61 Å². The van der Waals surface area contributed by atoms with Gasteiger partial charge < -0.3 is 19.6 Å². The van der Waals surface area contributed by atoms with Gasteiger partial charge in [-0.05, 0) is 6.42 Å². The molecule has 0 fully saturated rings. The van der Waals surface area contributed by atoms with E-state index in [1.807, 2.05) is 0 Å². The van der Waals surface area contributed by atoms with Crippen molar-refractivity contribution >= 4 is 13.8 Å². The summed E-state index contributed by atoms with van der Waals surface area (Å²) in [6, 6.07) is 0. The van der Waals surface area contributed by atoms with Gasteiger partial charge in [-0.1, -0.05) is 51.9 Å². The highest BCUT2D eigenvalue weighted by molar-refractivity contribution is 7.46. The van der Waals surface area contributed by atoms with Gasteiger partial charge in [0, 0.05) is 6.42 Å². The van der Waals surface area contributed by atoms with Crippen LogP contribution in [0.25, 0.3) is 0 Å². The van der Waals surface area contributed by atoms with E-state index in [1.54, 1.807) is 0 Å². The van der Waals surface area contributed by atoms with Crippen LogP contribution >= 0.6 is 7.82 Å². The largest absolute Gasteiger partial charge is 0.469 e. The Balaban J connectivity index is 3.44. The lowest BCUT2D eigenvalue weighted by atomic mass is 10.1. The Kier molecular flexibility index (Phi) is 12.8. The molecule has 0 aromatic heterocycles. The van der Waals surface area contributed by atoms with Crippen LogP contribution in [0.15, 0.2) is 0 Å². The van der Waals surface area contributed by atoms with E-state index in [0.717, 1.165) is 19.3 Å². The molecule has 0 saturated carbocycles. The third-order valence-corrected chi connectivity index (χ3v) is 3.59. The first kappa shape index (κ1) is 21.5. The van der Waals surface area contributed by atoms with Gasteiger partial charge in [0.1, 0.15) is 12.7 Å². The monoisotopic (exact) mass is 340 g/mol. The average Bonchev–Trinajstić information content (AvgIpc) is 2.45. The van der Waals surface area contributed by atoms with Crippen LogP contribution in [0.4, 0.5) is 0 Å². The van der Waals surface area contributed by atoms with E-state index < -0.39 is 26.5 Å². The van der Waals surface area contributed by atoms with Crippen molar-refractivity contribution in [2.75, 3.05) is 13.2 Å². The first-order chi connectivity index (χ1) is 10.3. The Bertz CT molecular complexity index is 329. The number of aliphatic hydroxyl groups excluding tert-OH is 1. The van der Waals surface area contributed by atoms with Crippen LogP contribution in [0.5, 0.6) is 0 Å². The minimum atomic E-state index is -4.60. The van der Waals surface area contributed by atoms with Gasteiger partial charge in [-0.3, -0.25) is 9.32 Å². The quantitative estimate of drug-likeness (QED) is 0.253. The minimum Gasteiger partial charge on any atom is -0.463 e. The average molecular weight is 340 g/mol. The number of aliphatic hydroxyl groups is 1. The number of esters is 1. The molecular formula is C14H29O7P. The van der Waals surface area contributed by atoms with Gasteiger partial charge in [0.25, 0.3) is 0 Å². The smallest absolute Gasteiger partial charge is 0.463 e. The number of phosphoric ester groups is 1. The summed E-state index contributed by atoms with van der Waals surface area (Å²) in [5, 5.41) is 9.33. The zero-order valence-electron chi connectivity index (χ0n) is 13.3. The molecule has 0 heterocycles. The lowest BCUT2D eigenvalue weighted by Crippen LogP contribution is -2.23. The van der Waals surface area contributed by atoms with Gasteiger partial charge in [-0.2, -0.15) is 0 Å². The number of carbonyl (C=O) groups is 1. The molecule has 22 heavy (non-hydrogen) atoms. The summed E-state index contributed by atoms with van der Waals surface area (Å²) in [5.41, 5.74) is 0. The van der Waals surface area contributed by atoms with Crippen LogP contribution in [0.2, 0.25) is 0 Å². The fraction of sp³-hybridized carbons (Fsp3) is 0.929. The number of hydrogen-bond donors (Lipinski definition) is 3. The van der Waals surface area contributed by atoms with E-state index in [9.17, 15) is 14.5 Å². The maximum absolute atomic E-state index is 11.4. The van der Waals surface area contributed by atoms with Gasteiger partial charge in [0.15, 0.2) is 0 Å². The van der Waals surface area contributed by atoms with E-state index in [0.29, 0.717) is 6.42 Å². The molecule has 0 amide bonds. The summed E-state index contributed by atoms with van der Waals surface area (Å²) in [6.45, 7) is 1.28. The van der Waals surface area contributed by atoms with E-state index >= 15 is 0 Å². The number of rotatable bonds is 14. The lowest BCUT2D eigenvalue weighted by molar-refractivity contribution is -0.147. The summed E-state index contributed by atoms with van der Waals surface area (Å²) in [6.07, 6.45) is 8.10. The van der Waals surface area contributed by atoms with Crippen molar-refractivity contribution in [2.24, 2.45) is 0 Å². The fourth-order valence-electron chi connectivity index (χ4n) is 1.90. The minimum absolute atomic E-state index is 0.293. The molecule has 8 heteroatoms. The van der Waals surface area contributed by atoms with Crippen LogP contribution in [0.1, 0.15) is 64.7 Å². The van der Waals surface area contributed by atoms with Crippen LogP contribution in [-0.2, 0) is 18.6 Å². The van der Waals surface area contributed by atoms with Crippen LogP contribution in [0.3, 0.4) is 0 Å². The second kappa shape index (κ2) is 13.0. The first-order valence-electron chi connectivity index (χ1n) is 7.89. The second-order valence-corrected chi connectivity index (χ2v) is 6.59. The zero-order valence-corrected chi connectivity index (χ0v) is 14.2. The Morgan fingerprint density at radius 3 is 2.09 bits per heavy atom. The van der Waals surface area contributed by atoms with Crippen LogP contribution in [0, 0.1) is 0 Å². The van der Waals surface area contributed by atoms with E-state index in [2.05, 4.69) is 11.4 Å². The molecule has 0 radical (unpaired) electrons. The number of phosphoric acid groups is 1. The number of unbranched alkanes of at least 4 members (excludes halogenated alkanes) is 7. The van der Waals surface area contributed by atoms with Crippen LogP contribution < -0.4 is 0 Å². The molecule has 7 nitrogen and oxygen atoms in total. The third-order valence-electron chi connectivity index (χ3n) is 3.11. The van der Waals surface area contributed by atoms with E-state index in [4.69, 9.17) is 14.5 Å². The van der Waals surface area contributed by atoms with Crippen molar-refractivity contribution in [3.63, 3.8) is 0 Å². The SMILES string of the molecule is CCCCCCCCCCC(=O)OC[C@@H](O)COP(=O)(O)O. The number of ether oxygens (including phenoxy) is 1. The Morgan fingerprint density at radius 1 is 1.00 bits per heavy atom. The fourth-order valence-corrected chi connectivity index (χ4v) is 2.26. The molecule has 0 aliphatic heterocycles. The van der Waals surface area contributed by atoms with Gasteiger partial charge in [-0.15, -0.1) is 0 Å². The molecule has 0 spiro atoms. The predicted octanol–water partition coefficient (Wildman–Crippen LogP) is 2.53. The Hall–Kier alpha value is -0.460. The summed E-state index contributed by atoms with van der Waals surface area (Å²) < 4.78 is 19.3. The van der Waals surface area contributed by atoms with Crippen molar-refractivity contribution in [3.05, 3.63) is 0 Å². The highest BCUT2D eigenvalue weighted by atomic mass is 31.2. The molecular weight excluding hydrogens is 311 g/mol. The zero-order chi connectivity index (χ0) is 16.8. The summed E-state index contributed by atoms with van der Waals surface area (Å²) in [5.74, 6) is -0.416. The van der Waals surface area contributed by atoms with E-state index in [-0.39, 0.29) is 6.61 Å². The molecule has 3 N–H and O–H groups in total. The van der Waals surface area contributed by atoms with Gasteiger partial charge in [0.2, 0.25) is 0 Å². The first-order valence-corrected chi connectivity index (χ1v) is 9.42. The van der Waals surface area contributed by atoms with Crippen LogP contribution in [-0.4, -0.2) is 40.2 Å². The number of carbonyl (C=O) groups excluding carboxylic acids is 1. The predicted molar refractivity (Wildman–Crippen MR) is 82.2 cm³/mol. The molecule has 0 aromatic rings. The highest BCUT2D eigenvalue weighted by Crippen LogP contribution is 2.35. The standard InChI is InChI=1S/C14H29O7P/c1-2-3-4-5-6-7-8-9-10-14(16)20-11-13(15)12-21-22(17,18)19/h13,15H,2-12H2,1H3,(H2,17,18,19)/t13-/m1/s1. The second-order valence-electron chi connectivity index (χ2n) is 5.35. The Labute approximate surface area is 132 Å². The molecule has 0 saturated heterocycles. The normalized spacial score (nSPS) is 13.1. The molecule has 0 aliphatic carbocycles. The molecule has 1 atom stereocenters. The molecule has 0 bridgehead atoms. The van der Waals surface area contributed by atoms with E-state index in [1.165, 1.54) is 32.1 Å². The van der Waals surface area contributed by atoms with Gasteiger partial charge >= 0.3 is 13.8 Å². The molecule has 0 aromatic carbocycles. The van der Waals surface area contributed by atoms with Crippen molar-refractivity contribution in [2.45, 2.75) is 70.8 Å². The molecule has 132 valence electrons. The summed E-state index contributed by atoms with van der Waals surface area (Å²) in [4.78, 5) is 28.3. The molecule has 0 aliphatic rings. The van der Waals surface area contributed by atoms with Crippen molar-refractivity contribution in [1.29, 1.82) is 0 Å². The highest BCUT2D eigenvalue weighted by Gasteiger charge is 2.17. The maximum atomic E-state index is 11.4.